The zero-order chi connectivity index (χ0) is 105. The van der Waals surface area contributed by atoms with E-state index in [-0.39, 0.29) is 45.6 Å². The Labute approximate surface area is 864 Å². The molecule has 0 amide bonds. The second kappa shape index (κ2) is 61.4. The van der Waals surface area contributed by atoms with Crippen LogP contribution < -0.4 is 54.3 Å². The molecule has 0 spiro atoms. The molecule has 3 aliphatic rings. The Morgan fingerprint density at radius 3 is 0.973 bits per heavy atom. The predicted molar refractivity (Wildman–Crippen MR) is 579 cm³/mol. The van der Waals surface area contributed by atoms with Gasteiger partial charge in [0.2, 0.25) is 0 Å². The fourth-order valence-electron chi connectivity index (χ4n) is 17.4. The van der Waals surface area contributed by atoms with Crippen molar-refractivity contribution >= 4 is 70.1 Å². The lowest BCUT2D eigenvalue weighted by Crippen LogP contribution is -2.36. The first-order valence-corrected chi connectivity index (χ1v) is 53.2. The van der Waals surface area contributed by atoms with Crippen LogP contribution in [-0.4, -0.2) is 148 Å². The maximum Gasteiger partial charge on any atom is 0.338 e. The van der Waals surface area contributed by atoms with Crippen molar-refractivity contribution in [2.45, 2.75) is 281 Å². The fourth-order valence-corrected chi connectivity index (χ4v) is 17.4. The zero-order valence-electron chi connectivity index (χ0n) is 88.5. The van der Waals surface area contributed by atoms with Crippen molar-refractivity contribution in [3.8, 4) is 68.2 Å². The van der Waals surface area contributed by atoms with Gasteiger partial charge >= 0.3 is 41.5 Å². The predicted octanol–water partition coefficient (Wildman–Crippen LogP) is 25.6. The largest absolute Gasteiger partial charge is 0.490 e. The molecule has 0 saturated heterocycles. The number of fused-ring (bicyclic) bond motifs is 4. The van der Waals surface area contributed by atoms with E-state index in [1.807, 2.05) is 106 Å². The van der Waals surface area contributed by atoms with Crippen molar-refractivity contribution in [2.75, 3.05) is 92.5 Å². The van der Waals surface area contributed by atoms with E-state index in [1.54, 1.807) is 41.5 Å². The summed E-state index contributed by atoms with van der Waals surface area (Å²) in [6.07, 6.45) is 34.0. The summed E-state index contributed by atoms with van der Waals surface area (Å²) in [5, 5.41) is 4.65. The van der Waals surface area contributed by atoms with Crippen molar-refractivity contribution in [3.05, 3.63) is 232 Å². The molecule has 6 heterocycles. The number of benzene rings is 4. The van der Waals surface area contributed by atoms with Crippen LogP contribution in [0.3, 0.4) is 0 Å². The highest BCUT2D eigenvalue weighted by atomic mass is 16.6. The number of esters is 6. The Morgan fingerprint density at radius 2 is 0.623 bits per heavy atom. The van der Waals surface area contributed by atoms with E-state index in [2.05, 4.69) is 96.8 Å². The van der Waals surface area contributed by atoms with E-state index in [4.69, 9.17) is 71.3 Å². The lowest BCUT2D eigenvalue weighted by Gasteiger charge is -2.22. The van der Waals surface area contributed by atoms with Gasteiger partial charge in [-0.3, -0.25) is 8.80 Å². The normalized spacial score (nSPS) is 13.8. The van der Waals surface area contributed by atoms with E-state index in [0.717, 1.165) is 140 Å². The molecule has 0 fully saturated rings. The van der Waals surface area contributed by atoms with Crippen LogP contribution in [0.2, 0.25) is 0 Å². The van der Waals surface area contributed by atoms with Crippen LogP contribution in [0.4, 0.5) is 0 Å². The number of nitrogens with one attached hydrogen (secondary N) is 1. The lowest BCUT2D eigenvalue weighted by molar-refractivity contribution is -0.139. The standard InChI is InChI=1S/C121H158N4O21/c1-17-21-47-89(19-3)81-145-106-64-52-94(80-110(106)146-82-90(20-4)48-22-18-2)114-98-56-55-97(123-98)113(93-51-63-105(135-67-37-25-31-43-73-141-117(128)85(9)10)109(79-93)138-70-40-28-34-46-76-144-120(131)88(15)16)100-58-57-99-111(91-49-61-103(133-65-35-23-29-41-71-139-115(126)83(5)6)107(77-91)136-68-38-26-32-44-74-142-118(129)86(11)12)95-53-54-96(122-95)112(101-59-60-102(114)125(101)121(132)124(99)100)92-50-62-104(134-66-36-24-30-42-72-140-116(127)84(7)8)108(78-92)137-69-39-27-33-45-75-143-119(130)87(13)14/h49-64,77-80,89-90,96,122H,5,7,9,11,13,15,17-48,65-76,81-82H2,1-4,6,8,10,12,14,16H3/b111-95-,112-101-,113-97?,114-102?. The molecule has 0 radical (unpaired) electrons. The Bertz CT molecular complexity index is 5940. The van der Waals surface area contributed by atoms with Gasteiger partial charge in [-0.1, -0.05) is 136 Å². The van der Waals surface area contributed by atoms with Crippen LogP contribution in [0.15, 0.2) is 193 Å². The molecule has 3 aliphatic heterocycles. The Hall–Kier alpha value is -13.1. The van der Waals surface area contributed by atoms with Crippen LogP contribution in [-0.2, 0) is 57.2 Å². The third kappa shape index (κ3) is 35.1. The van der Waals surface area contributed by atoms with Gasteiger partial charge in [0.25, 0.3) is 0 Å². The second-order valence-electron chi connectivity index (χ2n) is 38.5. The number of hydrogen-bond donors (Lipinski definition) is 1. The fraction of sp³-hybridized carbons (Fsp3) is 0.488. The Morgan fingerprint density at radius 1 is 0.329 bits per heavy atom. The summed E-state index contributed by atoms with van der Waals surface area (Å²) in [7, 11) is 0. The van der Waals surface area contributed by atoms with Crippen LogP contribution >= 0.6 is 0 Å². The summed E-state index contributed by atoms with van der Waals surface area (Å²) in [6.45, 7) is 45.7. The smallest absolute Gasteiger partial charge is 0.338 e. The van der Waals surface area contributed by atoms with Gasteiger partial charge in [-0.2, -0.15) is 0 Å². The molecule has 3 aromatic heterocycles. The van der Waals surface area contributed by atoms with E-state index >= 15 is 4.79 Å². The first-order chi connectivity index (χ1) is 70.7. The molecular weight excluding hydrogens is 1850 g/mol. The number of carbonyl (C=O) groups is 6. The summed E-state index contributed by atoms with van der Waals surface area (Å²) < 4.78 is 91.7. The minimum absolute atomic E-state index is 0.261. The highest BCUT2D eigenvalue weighted by Crippen LogP contribution is 2.45. The molecule has 4 aromatic carbocycles. The van der Waals surface area contributed by atoms with E-state index in [1.165, 1.54) is 0 Å². The molecule has 0 saturated carbocycles. The third-order valence-corrected chi connectivity index (χ3v) is 25.9. The molecule has 25 heteroatoms. The highest BCUT2D eigenvalue weighted by molar-refractivity contribution is 5.98. The summed E-state index contributed by atoms with van der Waals surface area (Å²) >= 11 is 0. The Balaban J connectivity index is 1.25. The molecule has 3 unspecified atom stereocenters. The van der Waals surface area contributed by atoms with Crippen LogP contribution in [0.25, 0.3) is 56.6 Å². The number of rotatable bonds is 72. The molecule has 6 bridgehead atoms. The number of aromatic nitrogens is 3. The van der Waals surface area contributed by atoms with Gasteiger partial charge in [0.05, 0.1) is 132 Å². The Kier molecular flexibility index (Phi) is 48.3. The molecule has 146 heavy (non-hydrogen) atoms. The monoisotopic (exact) mass is 2000 g/mol. The minimum Gasteiger partial charge on any atom is -0.490 e. The summed E-state index contributed by atoms with van der Waals surface area (Å²) in [6, 6.07) is 31.5. The lowest BCUT2D eigenvalue weighted by atomic mass is 9.97. The average Bonchev–Trinajstić information content (AvgIpc) is 1.56. The molecule has 25 nitrogen and oxygen atoms in total. The van der Waals surface area contributed by atoms with Gasteiger partial charge in [-0.15, -0.1) is 0 Å². The van der Waals surface area contributed by atoms with Crippen molar-refractivity contribution in [1.82, 2.24) is 19.1 Å². The summed E-state index contributed by atoms with van der Waals surface area (Å²) in [4.78, 5) is 98.2. The van der Waals surface area contributed by atoms with E-state index in [0.29, 0.717) is 288 Å². The topological polar surface area (TPSA) is 282 Å². The van der Waals surface area contributed by atoms with Gasteiger partial charge in [0.15, 0.2) is 46.0 Å². The highest BCUT2D eigenvalue weighted by Gasteiger charge is 2.32. The van der Waals surface area contributed by atoms with Gasteiger partial charge in [0, 0.05) is 61.4 Å². The van der Waals surface area contributed by atoms with Crippen LogP contribution in [0.5, 0.6) is 46.0 Å². The van der Waals surface area contributed by atoms with Gasteiger partial charge < -0.3 is 71.6 Å². The van der Waals surface area contributed by atoms with Crippen LogP contribution in [0.1, 0.15) is 303 Å². The first-order valence-electron chi connectivity index (χ1n) is 53.2. The molecular formula is C121H158N4O21. The van der Waals surface area contributed by atoms with Crippen molar-refractivity contribution in [2.24, 2.45) is 11.8 Å². The van der Waals surface area contributed by atoms with Gasteiger partial charge in [0.1, 0.15) is 0 Å². The molecule has 0 aliphatic carbocycles. The molecule has 1 N–H and O–H groups in total. The van der Waals surface area contributed by atoms with Crippen molar-refractivity contribution in [1.29, 1.82) is 0 Å². The van der Waals surface area contributed by atoms with Crippen molar-refractivity contribution in [3.63, 3.8) is 0 Å². The molecule has 7 aromatic rings. The molecule has 10 rings (SSSR count). The van der Waals surface area contributed by atoms with Crippen molar-refractivity contribution < 1.29 is 95.1 Å². The maximum atomic E-state index is 18.4. The second-order valence-corrected chi connectivity index (χ2v) is 38.5. The number of carbonyl (C=O) groups excluding carboxylic acids is 6. The van der Waals surface area contributed by atoms with E-state index < -0.39 is 47.5 Å². The van der Waals surface area contributed by atoms with Gasteiger partial charge in [-0.05, 0) is 334 Å². The quantitative estimate of drug-likeness (QED) is 0.0160. The SMILES string of the molecule is C=C(C)C(=O)OCCCCCCOc1ccc(/C2=C3\C=CC(N3)/C(c3ccc(OCCCCCCOC(=O)C(=C)C)c(OCCCCCCOC(=O)C(=C)C)c3)=c3/ccc4c(-c5ccc(OCC(CC)CCCC)c(OCC(CC)CCCC)c5)c5nc(c(-c6ccc(OCCCCCCOC(=O)C(=C)C)c(OCCCCCCOC(=O)C(=C)C)c6)c6ccc2n6c(=O)n34)C=C5)cc1OCCCCCCOC(=O)C(=C)C. The zero-order valence-corrected chi connectivity index (χ0v) is 88.5. The van der Waals surface area contributed by atoms with Gasteiger partial charge in [-0.25, -0.2) is 38.5 Å². The molecule has 788 valence electrons. The number of ether oxygens (including phenoxy) is 14. The number of allylic oxidation sites excluding steroid dienone is 1. The average molecular weight is 2000 g/mol. The maximum absolute atomic E-state index is 18.4. The third-order valence-electron chi connectivity index (χ3n) is 25.9. The van der Waals surface area contributed by atoms with Crippen LogP contribution in [0, 0.1) is 11.8 Å². The minimum atomic E-state index is -0.643. The van der Waals surface area contributed by atoms with E-state index in [9.17, 15) is 28.8 Å². The summed E-state index contributed by atoms with van der Waals surface area (Å²) in [5.74, 6) is 2.26. The number of nitrogens with zero attached hydrogens (tertiary/aromatic N) is 3. The molecule has 3 atom stereocenters. The number of unbranched alkanes of at least 4 members (excludes halogenated alkanes) is 20. The first kappa shape index (κ1) is 115. The summed E-state index contributed by atoms with van der Waals surface area (Å²) in [5.41, 5.74) is 10.4. The number of hydrogen-bond acceptors (Lipinski definition) is 23.